The highest BCUT2D eigenvalue weighted by Gasteiger charge is 2.37. The van der Waals surface area contributed by atoms with E-state index >= 15 is 0 Å². The second-order valence-electron chi connectivity index (χ2n) is 9.52. The Kier molecular flexibility index (Phi) is 7.17. The fourth-order valence-corrected chi connectivity index (χ4v) is 6.82. The van der Waals surface area contributed by atoms with Crippen LogP contribution in [0.25, 0.3) is 12.2 Å². The highest BCUT2D eigenvalue weighted by molar-refractivity contribution is 7.89. The Bertz CT molecular complexity index is 1400. The molecule has 37 heavy (non-hydrogen) atoms. The molecule has 1 aromatic heterocycles. The summed E-state index contributed by atoms with van der Waals surface area (Å²) >= 11 is 0. The first kappa shape index (κ1) is 25.2. The number of piperidine rings is 1. The van der Waals surface area contributed by atoms with Gasteiger partial charge in [0.25, 0.3) is 0 Å². The van der Waals surface area contributed by atoms with Crippen molar-refractivity contribution in [2.45, 2.75) is 37.6 Å². The SMILES string of the molecule is COc1ccc(/C=C\c2onc(C)c2S(=O)(=O)N2CCC(C(=O)N3CCc4ccccc4C3)CC2)cc1. The number of methoxy groups -OCH3 is 1. The lowest BCUT2D eigenvalue weighted by Crippen LogP contribution is -2.45. The topological polar surface area (TPSA) is 93.0 Å². The number of hydrogen-bond donors (Lipinski definition) is 0. The first-order chi connectivity index (χ1) is 17.9. The molecule has 9 heteroatoms. The van der Waals surface area contributed by atoms with Gasteiger partial charge in [-0.15, -0.1) is 0 Å². The van der Waals surface area contributed by atoms with Crippen molar-refractivity contribution >= 4 is 28.1 Å². The summed E-state index contributed by atoms with van der Waals surface area (Å²) in [6.45, 7) is 3.53. The summed E-state index contributed by atoms with van der Waals surface area (Å²) in [7, 11) is -2.23. The van der Waals surface area contributed by atoms with E-state index in [0.717, 1.165) is 17.7 Å². The molecule has 1 amide bonds. The third kappa shape index (κ3) is 5.19. The molecular formula is C28H31N3O5S. The third-order valence-electron chi connectivity index (χ3n) is 7.22. The molecule has 1 fully saturated rings. The van der Waals surface area contributed by atoms with E-state index in [9.17, 15) is 13.2 Å². The summed E-state index contributed by atoms with van der Waals surface area (Å²) in [5.41, 5.74) is 3.69. The molecule has 8 nitrogen and oxygen atoms in total. The van der Waals surface area contributed by atoms with E-state index in [0.29, 0.717) is 31.6 Å². The van der Waals surface area contributed by atoms with Crippen molar-refractivity contribution in [3.05, 3.63) is 76.7 Å². The molecule has 0 bridgehead atoms. The summed E-state index contributed by atoms with van der Waals surface area (Å²) in [6.07, 6.45) is 5.25. The molecule has 0 atom stereocenters. The number of carbonyl (C=O) groups is 1. The zero-order valence-corrected chi connectivity index (χ0v) is 21.9. The fraction of sp³-hybridized carbons (Fsp3) is 0.357. The Labute approximate surface area is 217 Å². The normalized spacial score (nSPS) is 17.2. The average molecular weight is 522 g/mol. The molecule has 5 rings (SSSR count). The number of rotatable bonds is 6. The van der Waals surface area contributed by atoms with Crippen LogP contribution in [0.15, 0.2) is 57.9 Å². The average Bonchev–Trinajstić information content (AvgIpc) is 3.32. The number of amides is 1. The highest BCUT2D eigenvalue weighted by atomic mass is 32.2. The molecular weight excluding hydrogens is 490 g/mol. The van der Waals surface area contributed by atoms with E-state index in [2.05, 4.69) is 17.3 Å². The first-order valence-electron chi connectivity index (χ1n) is 12.5. The molecule has 2 aliphatic rings. The molecule has 3 heterocycles. The van der Waals surface area contributed by atoms with Crippen LogP contribution in [0.2, 0.25) is 0 Å². The highest BCUT2D eigenvalue weighted by Crippen LogP contribution is 2.31. The van der Waals surface area contributed by atoms with E-state index in [4.69, 9.17) is 9.26 Å². The van der Waals surface area contributed by atoms with Crippen molar-refractivity contribution in [2.75, 3.05) is 26.7 Å². The second kappa shape index (κ2) is 10.5. The van der Waals surface area contributed by atoms with Crippen molar-refractivity contribution in [3.8, 4) is 5.75 Å². The van der Waals surface area contributed by atoms with E-state index in [1.165, 1.54) is 15.4 Å². The standard InChI is InChI=1S/C28H31N3O5S/c1-20-27(26(36-29-20)12-9-21-7-10-25(35-2)11-8-21)37(33,34)31-17-14-23(15-18-31)28(32)30-16-13-22-5-3-4-6-24(22)19-30/h3-12,23H,13-19H2,1-2H3/b12-9-. The van der Waals surface area contributed by atoms with Crippen LogP contribution < -0.4 is 4.74 Å². The molecule has 0 unspecified atom stereocenters. The van der Waals surface area contributed by atoms with Crippen LogP contribution in [0.1, 0.15) is 41.0 Å². The van der Waals surface area contributed by atoms with Gasteiger partial charge in [0, 0.05) is 32.1 Å². The van der Waals surface area contributed by atoms with Gasteiger partial charge in [0.15, 0.2) is 10.7 Å². The van der Waals surface area contributed by atoms with Gasteiger partial charge in [-0.3, -0.25) is 4.79 Å². The summed E-state index contributed by atoms with van der Waals surface area (Å²) in [5.74, 6) is 0.881. The Morgan fingerprint density at radius 2 is 1.73 bits per heavy atom. The van der Waals surface area contributed by atoms with Gasteiger partial charge in [0.2, 0.25) is 15.9 Å². The molecule has 0 saturated carbocycles. The van der Waals surface area contributed by atoms with Crippen LogP contribution in [0.5, 0.6) is 5.75 Å². The molecule has 0 N–H and O–H groups in total. The summed E-state index contributed by atoms with van der Waals surface area (Å²) < 4.78 is 39.2. The number of fused-ring (bicyclic) bond motifs is 1. The first-order valence-corrected chi connectivity index (χ1v) is 13.9. The van der Waals surface area contributed by atoms with Crippen LogP contribution in [0.4, 0.5) is 0 Å². The van der Waals surface area contributed by atoms with Crippen molar-refractivity contribution in [1.82, 2.24) is 14.4 Å². The molecule has 1 saturated heterocycles. The minimum atomic E-state index is -3.83. The number of ether oxygens (including phenoxy) is 1. The second-order valence-corrected chi connectivity index (χ2v) is 11.4. The third-order valence-corrected chi connectivity index (χ3v) is 9.28. The van der Waals surface area contributed by atoms with Crippen LogP contribution in [-0.2, 0) is 27.8 Å². The monoisotopic (exact) mass is 521 g/mol. The van der Waals surface area contributed by atoms with Gasteiger partial charge in [0.05, 0.1) is 7.11 Å². The zero-order valence-electron chi connectivity index (χ0n) is 21.1. The van der Waals surface area contributed by atoms with Gasteiger partial charge in [-0.2, -0.15) is 4.31 Å². The molecule has 0 spiro atoms. The molecule has 3 aromatic rings. The summed E-state index contributed by atoms with van der Waals surface area (Å²) in [4.78, 5) is 15.2. The number of carbonyl (C=O) groups excluding carboxylic acids is 1. The smallest absolute Gasteiger partial charge is 0.248 e. The Morgan fingerprint density at radius 1 is 1.03 bits per heavy atom. The Balaban J connectivity index is 1.25. The lowest BCUT2D eigenvalue weighted by Gasteiger charge is -2.35. The minimum Gasteiger partial charge on any atom is -0.497 e. The number of sulfonamides is 1. The number of nitrogens with zero attached hydrogens (tertiary/aromatic N) is 3. The molecule has 194 valence electrons. The van der Waals surface area contributed by atoms with E-state index in [-0.39, 0.29) is 35.6 Å². The van der Waals surface area contributed by atoms with Crippen LogP contribution in [-0.4, -0.2) is 55.4 Å². The van der Waals surface area contributed by atoms with E-state index < -0.39 is 10.0 Å². The van der Waals surface area contributed by atoms with E-state index in [1.807, 2.05) is 41.3 Å². The van der Waals surface area contributed by atoms with Gasteiger partial charge in [-0.05, 0) is 61.1 Å². The van der Waals surface area contributed by atoms with Crippen molar-refractivity contribution in [3.63, 3.8) is 0 Å². The van der Waals surface area contributed by atoms with Gasteiger partial charge in [0.1, 0.15) is 11.4 Å². The van der Waals surface area contributed by atoms with E-state index in [1.54, 1.807) is 26.2 Å². The largest absolute Gasteiger partial charge is 0.497 e. The molecule has 2 aromatic carbocycles. The van der Waals surface area contributed by atoms with Crippen molar-refractivity contribution < 1.29 is 22.5 Å². The predicted octanol–water partition coefficient (Wildman–Crippen LogP) is 4.15. The maximum Gasteiger partial charge on any atom is 0.248 e. The lowest BCUT2D eigenvalue weighted by molar-refractivity contribution is -0.137. The van der Waals surface area contributed by atoms with Crippen LogP contribution in [0, 0.1) is 12.8 Å². The quantitative estimate of drug-likeness (QED) is 0.484. The minimum absolute atomic E-state index is 0.0784. The van der Waals surface area contributed by atoms with Gasteiger partial charge in [-0.25, -0.2) is 8.42 Å². The predicted molar refractivity (Wildman–Crippen MR) is 140 cm³/mol. The fourth-order valence-electron chi connectivity index (χ4n) is 5.10. The zero-order chi connectivity index (χ0) is 26.0. The number of hydrogen-bond acceptors (Lipinski definition) is 6. The maximum atomic E-state index is 13.6. The lowest BCUT2D eigenvalue weighted by atomic mass is 9.94. The summed E-state index contributed by atoms with van der Waals surface area (Å²) in [6, 6.07) is 15.6. The Hall–Kier alpha value is -3.43. The van der Waals surface area contributed by atoms with Crippen molar-refractivity contribution in [2.24, 2.45) is 5.92 Å². The number of benzene rings is 2. The van der Waals surface area contributed by atoms with Gasteiger partial charge >= 0.3 is 0 Å². The molecule has 0 radical (unpaired) electrons. The Morgan fingerprint density at radius 3 is 2.43 bits per heavy atom. The van der Waals surface area contributed by atoms with Gasteiger partial charge < -0.3 is 14.2 Å². The molecule has 2 aliphatic heterocycles. The molecule has 0 aliphatic carbocycles. The number of aromatic nitrogens is 1. The van der Waals surface area contributed by atoms with Gasteiger partial charge in [-0.1, -0.05) is 47.6 Å². The maximum absolute atomic E-state index is 13.6. The van der Waals surface area contributed by atoms with Crippen molar-refractivity contribution in [1.29, 1.82) is 0 Å². The number of aryl methyl sites for hydroxylation is 1. The van der Waals surface area contributed by atoms with Crippen LogP contribution in [0.3, 0.4) is 0 Å². The van der Waals surface area contributed by atoms with Crippen LogP contribution >= 0.6 is 0 Å². The summed E-state index contributed by atoms with van der Waals surface area (Å²) in [5, 5.41) is 3.93.